The van der Waals surface area contributed by atoms with Crippen molar-refractivity contribution in [3.63, 3.8) is 0 Å². The Balaban J connectivity index is 1.67. The van der Waals surface area contributed by atoms with Gasteiger partial charge in [-0.15, -0.1) is 0 Å². The molecular weight excluding hydrogens is 325 g/mol. The summed E-state index contributed by atoms with van der Waals surface area (Å²) >= 11 is 0. The second-order valence-electron chi connectivity index (χ2n) is 6.83. The number of carbonyl (C=O) groups is 3. The minimum absolute atomic E-state index is 0.296. The molecule has 1 saturated carbocycles. The van der Waals surface area contributed by atoms with Crippen molar-refractivity contribution in [2.24, 2.45) is 0 Å². The molecule has 0 radical (unpaired) electrons. The molecule has 2 fully saturated rings. The van der Waals surface area contributed by atoms with Gasteiger partial charge in [-0.05, 0) is 37.5 Å². The number of urea groups is 1. The van der Waals surface area contributed by atoms with Gasteiger partial charge in [-0.3, -0.25) is 14.5 Å². The molecule has 134 valence electrons. The molecule has 1 spiro atoms. The number of benzene rings is 1. The molecule has 25 heavy (non-hydrogen) atoms. The van der Waals surface area contributed by atoms with Gasteiger partial charge in [0.25, 0.3) is 5.91 Å². The monoisotopic (exact) mass is 347 g/mol. The second-order valence-corrected chi connectivity index (χ2v) is 6.83. The predicted molar refractivity (Wildman–Crippen MR) is 90.4 cm³/mol. The highest BCUT2D eigenvalue weighted by Gasteiger charge is 2.51. The quantitative estimate of drug-likeness (QED) is 0.825. The molecule has 1 saturated heterocycles. The lowest BCUT2D eigenvalue weighted by molar-refractivity contribution is -0.134. The lowest BCUT2D eigenvalue weighted by Gasteiger charge is -2.24. The van der Waals surface area contributed by atoms with Crippen LogP contribution in [-0.2, 0) is 9.59 Å². The molecule has 7 heteroatoms. The van der Waals surface area contributed by atoms with Crippen molar-refractivity contribution in [1.82, 2.24) is 10.2 Å². The first kappa shape index (κ1) is 17.4. The minimum atomic E-state index is -0.857. The molecule has 0 aromatic heterocycles. The van der Waals surface area contributed by atoms with Crippen LogP contribution in [0.1, 0.15) is 44.1 Å². The van der Waals surface area contributed by atoms with E-state index in [2.05, 4.69) is 10.6 Å². The van der Waals surface area contributed by atoms with Crippen LogP contribution in [0.2, 0.25) is 0 Å². The molecule has 0 bridgehead atoms. The largest absolute Gasteiger partial charge is 0.325 e. The lowest BCUT2D eigenvalue weighted by atomic mass is 9.90. The number of anilines is 1. The van der Waals surface area contributed by atoms with Gasteiger partial charge in [0.2, 0.25) is 5.91 Å². The predicted octanol–water partition coefficient (Wildman–Crippen LogP) is 2.72. The van der Waals surface area contributed by atoms with E-state index in [4.69, 9.17) is 0 Å². The van der Waals surface area contributed by atoms with Crippen LogP contribution in [0.4, 0.5) is 14.9 Å². The molecule has 2 N–H and O–H groups in total. The maximum atomic E-state index is 13.6. The SMILES string of the molecule is Cc1ccc(NC(=O)CN2C(=O)NC3(CCCCCC3)C2=O)cc1F. The molecule has 4 amide bonds. The van der Waals surface area contributed by atoms with Crippen molar-refractivity contribution < 1.29 is 18.8 Å². The maximum Gasteiger partial charge on any atom is 0.325 e. The molecule has 6 nitrogen and oxygen atoms in total. The fraction of sp³-hybridized carbons (Fsp3) is 0.500. The van der Waals surface area contributed by atoms with Crippen LogP contribution in [0.5, 0.6) is 0 Å². The third kappa shape index (κ3) is 3.50. The zero-order chi connectivity index (χ0) is 18.0. The number of carbonyl (C=O) groups excluding carboxylic acids is 3. The summed E-state index contributed by atoms with van der Waals surface area (Å²) in [6, 6.07) is 3.82. The van der Waals surface area contributed by atoms with E-state index in [9.17, 15) is 18.8 Å². The van der Waals surface area contributed by atoms with Gasteiger partial charge in [0, 0.05) is 5.69 Å². The van der Waals surface area contributed by atoms with E-state index in [0.29, 0.717) is 24.1 Å². The van der Waals surface area contributed by atoms with E-state index in [1.54, 1.807) is 19.1 Å². The smallest absolute Gasteiger partial charge is 0.324 e. The molecule has 1 aliphatic carbocycles. The van der Waals surface area contributed by atoms with Gasteiger partial charge in [-0.1, -0.05) is 31.7 Å². The van der Waals surface area contributed by atoms with Gasteiger partial charge in [0.15, 0.2) is 0 Å². The number of hydrogen-bond donors (Lipinski definition) is 2. The standard InChI is InChI=1S/C18H22FN3O3/c1-12-6-7-13(10-14(12)19)20-15(23)11-22-16(24)18(21-17(22)25)8-4-2-3-5-9-18/h6-7,10H,2-5,8-9,11H2,1H3,(H,20,23)(H,21,25). The zero-order valence-electron chi connectivity index (χ0n) is 14.2. The summed E-state index contributed by atoms with van der Waals surface area (Å²) in [6.07, 6.45) is 5.08. The molecule has 2 aliphatic rings. The van der Waals surface area contributed by atoms with Crippen molar-refractivity contribution in [2.45, 2.75) is 51.0 Å². The second kappa shape index (κ2) is 6.82. The number of hydrogen-bond acceptors (Lipinski definition) is 3. The number of rotatable bonds is 3. The Labute approximate surface area is 145 Å². The third-order valence-corrected chi connectivity index (χ3v) is 4.96. The first-order valence-corrected chi connectivity index (χ1v) is 8.61. The summed E-state index contributed by atoms with van der Waals surface area (Å²) in [4.78, 5) is 38.1. The van der Waals surface area contributed by atoms with Crippen LogP contribution in [0.25, 0.3) is 0 Å². The van der Waals surface area contributed by atoms with E-state index in [-0.39, 0.29) is 12.5 Å². The van der Waals surface area contributed by atoms with E-state index < -0.39 is 23.3 Å². The van der Waals surface area contributed by atoms with Crippen molar-refractivity contribution >= 4 is 23.5 Å². The molecule has 0 atom stereocenters. The van der Waals surface area contributed by atoms with Gasteiger partial charge in [-0.25, -0.2) is 9.18 Å². The Kier molecular flexibility index (Phi) is 4.74. The van der Waals surface area contributed by atoms with E-state index in [1.807, 2.05) is 0 Å². The molecule has 0 unspecified atom stereocenters. The van der Waals surface area contributed by atoms with Crippen LogP contribution in [0.3, 0.4) is 0 Å². The Morgan fingerprint density at radius 3 is 2.56 bits per heavy atom. The average Bonchev–Trinajstić information content (AvgIpc) is 2.74. The Hall–Kier alpha value is -2.44. The maximum absolute atomic E-state index is 13.6. The first-order valence-electron chi connectivity index (χ1n) is 8.61. The van der Waals surface area contributed by atoms with Crippen LogP contribution in [0.15, 0.2) is 18.2 Å². The van der Waals surface area contributed by atoms with E-state index in [0.717, 1.165) is 30.6 Å². The Bertz CT molecular complexity index is 712. The van der Waals surface area contributed by atoms with E-state index in [1.165, 1.54) is 6.07 Å². The van der Waals surface area contributed by atoms with Gasteiger partial charge in [-0.2, -0.15) is 0 Å². The van der Waals surface area contributed by atoms with Crippen molar-refractivity contribution in [2.75, 3.05) is 11.9 Å². The number of nitrogens with one attached hydrogen (secondary N) is 2. The summed E-state index contributed by atoms with van der Waals surface area (Å²) in [7, 11) is 0. The summed E-state index contributed by atoms with van der Waals surface area (Å²) in [5, 5.41) is 5.32. The number of nitrogens with zero attached hydrogens (tertiary/aromatic N) is 1. The highest BCUT2D eigenvalue weighted by Crippen LogP contribution is 2.32. The lowest BCUT2D eigenvalue weighted by Crippen LogP contribution is -2.47. The fourth-order valence-electron chi connectivity index (χ4n) is 3.51. The molecule has 1 aromatic carbocycles. The molecule has 1 aromatic rings. The van der Waals surface area contributed by atoms with Crippen molar-refractivity contribution in [3.8, 4) is 0 Å². The zero-order valence-corrected chi connectivity index (χ0v) is 14.2. The van der Waals surface area contributed by atoms with Crippen LogP contribution in [0, 0.1) is 12.7 Å². The number of amides is 4. The van der Waals surface area contributed by atoms with Crippen molar-refractivity contribution in [3.05, 3.63) is 29.6 Å². The van der Waals surface area contributed by atoms with Gasteiger partial charge in [0.1, 0.15) is 17.9 Å². The summed E-state index contributed by atoms with van der Waals surface area (Å²) in [6.45, 7) is 1.25. The van der Waals surface area contributed by atoms with Gasteiger partial charge in [0.05, 0.1) is 0 Å². The Morgan fingerprint density at radius 1 is 1.24 bits per heavy atom. The number of aryl methyl sites for hydroxylation is 1. The molecule has 3 rings (SSSR count). The first-order chi connectivity index (χ1) is 11.9. The van der Waals surface area contributed by atoms with Crippen LogP contribution in [-0.4, -0.2) is 34.8 Å². The average molecular weight is 347 g/mol. The fourth-order valence-corrected chi connectivity index (χ4v) is 3.51. The number of halogens is 1. The normalized spacial score (nSPS) is 19.7. The molecule has 1 aliphatic heterocycles. The summed E-state index contributed by atoms with van der Waals surface area (Å²) in [5.41, 5.74) is -0.0872. The molecule has 1 heterocycles. The van der Waals surface area contributed by atoms with Crippen LogP contribution >= 0.6 is 0 Å². The van der Waals surface area contributed by atoms with Crippen LogP contribution < -0.4 is 10.6 Å². The summed E-state index contributed by atoms with van der Waals surface area (Å²) < 4.78 is 13.6. The third-order valence-electron chi connectivity index (χ3n) is 4.96. The highest BCUT2D eigenvalue weighted by molar-refractivity contribution is 6.10. The minimum Gasteiger partial charge on any atom is -0.324 e. The van der Waals surface area contributed by atoms with E-state index >= 15 is 0 Å². The Morgan fingerprint density at radius 2 is 1.92 bits per heavy atom. The molecular formula is C18H22FN3O3. The topological polar surface area (TPSA) is 78.5 Å². The van der Waals surface area contributed by atoms with Crippen molar-refractivity contribution in [1.29, 1.82) is 0 Å². The number of imide groups is 1. The highest BCUT2D eigenvalue weighted by atomic mass is 19.1. The van der Waals surface area contributed by atoms with Gasteiger partial charge < -0.3 is 10.6 Å². The summed E-state index contributed by atoms with van der Waals surface area (Å²) in [5.74, 6) is -1.28. The van der Waals surface area contributed by atoms with Gasteiger partial charge >= 0.3 is 6.03 Å².